The van der Waals surface area contributed by atoms with Crippen LogP contribution < -0.4 is 5.32 Å². The van der Waals surface area contributed by atoms with Crippen molar-refractivity contribution in [2.24, 2.45) is 5.41 Å². The Balaban J connectivity index is 2.07. The fraction of sp³-hybridized carbons (Fsp3) is 0.867. The third-order valence-electron chi connectivity index (χ3n) is 4.83. The number of aliphatic carboxylic acids is 1. The topological polar surface area (TPSA) is 78.9 Å². The highest BCUT2D eigenvalue weighted by Crippen LogP contribution is 2.35. The molecular formula is C15H26N2O4. The minimum atomic E-state index is -0.926. The summed E-state index contributed by atoms with van der Waals surface area (Å²) in [5, 5.41) is 12.5. The number of carbonyl (C=O) groups excluding carboxylic acids is 1. The Morgan fingerprint density at radius 2 is 2.00 bits per heavy atom. The van der Waals surface area contributed by atoms with Crippen LogP contribution in [-0.4, -0.2) is 53.8 Å². The second-order valence-corrected chi connectivity index (χ2v) is 6.79. The van der Waals surface area contributed by atoms with Gasteiger partial charge in [0.15, 0.2) is 0 Å². The van der Waals surface area contributed by atoms with E-state index in [0.717, 1.165) is 32.1 Å². The van der Waals surface area contributed by atoms with E-state index in [1.807, 2.05) is 13.8 Å². The van der Waals surface area contributed by atoms with E-state index in [1.165, 1.54) is 4.90 Å². The molecule has 1 saturated heterocycles. The Kier molecular flexibility index (Phi) is 4.76. The number of carboxylic acid groups (broad SMARTS) is 1. The minimum absolute atomic E-state index is 0.0121. The van der Waals surface area contributed by atoms with Gasteiger partial charge in [-0.3, -0.25) is 0 Å². The van der Waals surface area contributed by atoms with E-state index in [-0.39, 0.29) is 18.2 Å². The number of carboxylic acids is 1. The molecule has 6 nitrogen and oxygen atoms in total. The molecule has 120 valence electrons. The lowest BCUT2D eigenvalue weighted by molar-refractivity contribution is -0.148. The van der Waals surface area contributed by atoms with E-state index < -0.39 is 17.4 Å². The zero-order chi connectivity index (χ0) is 15.6. The molecule has 0 spiro atoms. The molecule has 2 N–H and O–H groups in total. The Labute approximate surface area is 125 Å². The van der Waals surface area contributed by atoms with Gasteiger partial charge in [-0.05, 0) is 37.5 Å². The van der Waals surface area contributed by atoms with Gasteiger partial charge in [-0.15, -0.1) is 0 Å². The van der Waals surface area contributed by atoms with Crippen LogP contribution in [0.5, 0.6) is 0 Å². The lowest BCUT2D eigenvalue weighted by Crippen LogP contribution is -2.60. The van der Waals surface area contributed by atoms with Crippen LogP contribution in [0.25, 0.3) is 0 Å². The number of carbonyl (C=O) groups is 2. The molecule has 1 aliphatic heterocycles. The molecule has 0 aromatic rings. The molecule has 1 aliphatic carbocycles. The van der Waals surface area contributed by atoms with Gasteiger partial charge >= 0.3 is 12.0 Å². The fourth-order valence-corrected chi connectivity index (χ4v) is 3.69. The van der Waals surface area contributed by atoms with Gasteiger partial charge in [0, 0.05) is 13.7 Å². The zero-order valence-electron chi connectivity index (χ0n) is 13.1. The number of piperidine rings is 1. The summed E-state index contributed by atoms with van der Waals surface area (Å²) in [5.41, 5.74) is -0.405. The van der Waals surface area contributed by atoms with Gasteiger partial charge in [0.05, 0.1) is 12.1 Å². The summed E-state index contributed by atoms with van der Waals surface area (Å²) in [4.78, 5) is 25.6. The Bertz CT molecular complexity index is 410. The van der Waals surface area contributed by atoms with Crippen molar-refractivity contribution < 1.29 is 19.4 Å². The number of ether oxygens (including phenoxy) is 1. The summed E-state index contributed by atoms with van der Waals surface area (Å²) in [5.74, 6) is -0.926. The second-order valence-electron chi connectivity index (χ2n) is 6.79. The maximum Gasteiger partial charge on any atom is 0.327 e. The molecule has 1 heterocycles. The summed E-state index contributed by atoms with van der Waals surface area (Å²) in [6.07, 6.45) is 4.54. The van der Waals surface area contributed by atoms with Crippen LogP contribution in [0.3, 0.4) is 0 Å². The monoisotopic (exact) mass is 298 g/mol. The number of methoxy groups -OCH3 is 1. The summed E-state index contributed by atoms with van der Waals surface area (Å²) < 4.78 is 5.38. The van der Waals surface area contributed by atoms with Gasteiger partial charge in [0.2, 0.25) is 0 Å². The van der Waals surface area contributed by atoms with Crippen molar-refractivity contribution in [2.75, 3.05) is 13.7 Å². The van der Waals surface area contributed by atoms with Gasteiger partial charge in [0.1, 0.15) is 6.04 Å². The zero-order valence-corrected chi connectivity index (χ0v) is 13.1. The first kappa shape index (κ1) is 16.1. The molecule has 3 atom stereocenters. The predicted octanol–water partition coefficient (Wildman–Crippen LogP) is 1.84. The lowest BCUT2D eigenvalue weighted by atomic mass is 9.76. The van der Waals surface area contributed by atoms with Crippen LogP contribution in [0.15, 0.2) is 0 Å². The summed E-state index contributed by atoms with van der Waals surface area (Å²) in [6.45, 7) is 4.33. The van der Waals surface area contributed by atoms with Crippen LogP contribution in [0, 0.1) is 5.41 Å². The van der Waals surface area contributed by atoms with Crippen molar-refractivity contribution in [3.63, 3.8) is 0 Å². The van der Waals surface area contributed by atoms with Gasteiger partial charge in [-0.1, -0.05) is 13.8 Å². The number of urea groups is 1. The van der Waals surface area contributed by atoms with Crippen molar-refractivity contribution in [3.8, 4) is 0 Å². The highest BCUT2D eigenvalue weighted by atomic mass is 16.5. The van der Waals surface area contributed by atoms with Gasteiger partial charge in [0.25, 0.3) is 0 Å². The fourth-order valence-electron chi connectivity index (χ4n) is 3.69. The maximum atomic E-state index is 12.5. The van der Waals surface area contributed by atoms with Crippen LogP contribution in [0.4, 0.5) is 4.79 Å². The van der Waals surface area contributed by atoms with Crippen molar-refractivity contribution in [1.82, 2.24) is 10.2 Å². The Hall–Kier alpha value is -1.30. The Morgan fingerprint density at radius 3 is 2.62 bits per heavy atom. The lowest BCUT2D eigenvalue weighted by Gasteiger charge is -2.44. The number of nitrogens with one attached hydrogen (secondary N) is 1. The van der Waals surface area contributed by atoms with E-state index in [1.54, 1.807) is 7.11 Å². The first-order chi connectivity index (χ1) is 9.86. The summed E-state index contributed by atoms with van der Waals surface area (Å²) >= 11 is 0. The van der Waals surface area contributed by atoms with E-state index in [9.17, 15) is 14.7 Å². The quantitative estimate of drug-likeness (QED) is 0.833. The second kappa shape index (κ2) is 6.22. The highest BCUT2D eigenvalue weighted by molar-refractivity contribution is 5.83. The molecule has 2 aliphatic rings. The number of amides is 2. The van der Waals surface area contributed by atoms with Gasteiger partial charge < -0.3 is 20.1 Å². The largest absolute Gasteiger partial charge is 0.480 e. The smallest absolute Gasteiger partial charge is 0.327 e. The van der Waals surface area contributed by atoms with Crippen molar-refractivity contribution >= 4 is 12.0 Å². The number of rotatable bonds is 3. The molecular weight excluding hydrogens is 272 g/mol. The van der Waals surface area contributed by atoms with Crippen LogP contribution >= 0.6 is 0 Å². The molecule has 0 aromatic carbocycles. The molecule has 21 heavy (non-hydrogen) atoms. The standard InChI is InChI=1S/C15H26N2O4/c1-15(2)8-5-9-17(12(15)13(18)19)14(20)16-10-6-4-7-11(10)21-3/h10-12H,4-9H2,1-3H3,(H,16,20)(H,18,19). The normalized spacial score (nSPS) is 32.0. The highest BCUT2D eigenvalue weighted by Gasteiger charge is 2.45. The third kappa shape index (κ3) is 3.31. The van der Waals surface area contributed by atoms with Crippen molar-refractivity contribution in [1.29, 1.82) is 0 Å². The molecule has 1 saturated carbocycles. The first-order valence-corrected chi connectivity index (χ1v) is 7.69. The SMILES string of the molecule is COC1CCCC1NC(=O)N1CCCC(C)(C)C1C(=O)O. The first-order valence-electron chi connectivity index (χ1n) is 7.69. The number of likely N-dealkylation sites (tertiary alicyclic amines) is 1. The van der Waals surface area contributed by atoms with Gasteiger partial charge in [-0.25, -0.2) is 9.59 Å². The van der Waals surface area contributed by atoms with E-state index in [0.29, 0.717) is 6.54 Å². The van der Waals surface area contributed by atoms with Crippen LogP contribution in [-0.2, 0) is 9.53 Å². The molecule has 2 rings (SSSR count). The predicted molar refractivity (Wildman–Crippen MR) is 78.1 cm³/mol. The molecule has 2 fully saturated rings. The third-order valence-corrected chi connectivity index (χ3v) is 4.83. The average molecular weight is 298 g/mol. The average Bonchev–Trinajstić information content (AvgIpc) is 2.83. The molecule has 0 aromatic heterocycles. The van der Waals surface area contributed by atoms with E-state index in [4.69, 9.17) is 4.74 Å². The minimum Gasteiger partial charge on any atom is -0.480 e. The molecule has 0 bridgehead atoms. The van der Waals surface area contributed by atoms with Crippen LogP contribution in [0.2, 0.25) is 0 Å². The van der Waals surface area contributed by atoms with E-state index in [2.05, 4.69) is 5.32 Å². The molecule has 2 amide bonds. The maximum absolute atomic E-state index is 12.5. The Morgan fingerprint density at radius 1 is 1.29 bits per heavy atom. The van der Waals surface area contributed by atoms with Crippen molar-refractivity contribution in [3.05, 3.63) is 0 Å². The number of nitrogens with zero attached hydrogens (tertiary/aromatic N) is 1. The number of hydrogen-bond donors (Lipinski definition) is 2. The summed E-state index contributed by atoms with van der Waals surface area (Å²) in [6, 6.07) is -1.06. The van der Waals surface area contributed by atoms with Crippen molar-refractivity contribution in [2.45, 2.75) is 64.1 Å². The summed E-state index contributed by atoms with van der Waals surface area (Å²) in [7, 11) is 1.65. The molecule has 0 radical (unpaired) electrons. The van der Waals surface area contributed by atoms with Gasteiger partial charge in [-0.2, -0.15) is 0 Å². The molecule has 6 heteroatoms. The van der Waals surface area contributed by atoms with E-state index >= 15 is 0 Å². The van der Waals surface area contributed by atoms with Crippen LogP contribution in [0.1, 0.15) is 46.0 Å². The number of hydrogen-bond acceptors (Lipinski definition) is 3. The molecule has 3 unspecified atom stereocenters.